The number of aryl methyl sites for hydroxylation is 1. The van der Waals surface area contributed by atoms with Gasteiger partial charge in [0, 0.05) is 24.5 Å². The van der Waals surface area contributed by atoms with Crippen LogP contribution in [0.5, 0.6) is 0 Å². The van der Waals surface area contributed by atoms with Crippen molar-refractivity contribution in [3.05, 3.63) is 16.1 Å². The molecular weight excluding hydrogens is 240 g/mol. The third-order valence-corrected chi connectivity index (χ3v) is 3.76. The molecule has 0 saturated carbocycles. The Bertz CT molecular complexity index is 394. The number of rotatable bonds is 4. The van der Waals surface area contributed by atoms with Gasteiger partial charge in [-0.05, 0) is 6.92 Å². The summed E-state index contributed by atoms with van der Waals surface area (Å²) in [5.74, 6) is -0.800. The van der Waals surface area contributed by atoms with E-state index in [0.717, 1.165) is 18.8 Å². The van der Waals surface area contributed by atoms with Gasteiger partial charge in [-0.1, -0.05) is 0 Å². The van der Waals surface area contributed by atoms with Gasteiger partial charge in [-0.25, -0.2) is 4.98 Å². The minimum atomic E-state index is -0.800. The van der Waals surface area contributed by atoms with Gasteiger partial charge < -0.3 is 9.84 Å². The number of aliphatic carboxylic acids is 1. The predicted octanol–water partition coefficient (Wildman–Crippen LogP) is 1.13. The summed E-state index contributed by atoms with van der Waals surface area (Å²) in [6.45, 7) is 4.99. The van der Waals surface area contributed by atoms with Gasteiger partial charge in [0.2, 0.25) is 0 Å². The van der Waals surface area contributed by atoms with Crippen LogP contribution in [0.3, 0.4) is 0 Å². The molecule has 1 atom stereocenters. The van der Waals surface area contributed by atoms with Crippen LogP contribution in [-0.2, 0) is 16.1 Å². The molecular formula is C11H16N2O3S. The number of carbonyl (C=O) groups is 1. The van der Waals surface area contributed by atoms with Crippen LogP contribution in [0, 0.1) is 6.92 Å². The standard InChI is InChI=1S/C11H16N2O3S/c1-8-10(17-7-12-8)6-13-2-3-16-9(5-13)4-11(14)15/h7,9H,2-6H2,1H3,(H,14,15). The summed E-state index contributed by atoms with van der Waals surface area (Å²) in [6.07, 6.45) is -0.104. The molecule has 0 amide bonds. The topological polar surface area (TPSA) is 62.7 Å². The lowest BCUT2D eigenvalue weighted by atomic mass is 10.2. The zero-order valence-electron chi connectivity index (χ0n) is 9.76. The average Bonchev–Trinajstić information content (AvgIpc) is 2.64. The molecule has 1 unspecified atom stereocenters. The summed E-state index contributed by atoms with van der Waals surface area (Å²) in [7, 11) is 0. The Balaban J connectivity index is 1.89. The monoisotopic (exact) mass is 256 g/mol. The van der Waals surface area contributed by atoms with E-state index < -0.39 is 5.97 Å². The number of hydrogen-bond acceptors (Lipinski definition) is 5. The molecule has 1 aliphatic heterocycles. The van der Waals surface area contributed by atoms with Crippen LogP contribution in [0.1, 0.15) is 17.0 Å². The molecule has 2 rings (SSSR count). The number of hydrogen-bond donors (Lipinski definition) is 1. The first kappa shape index (κ1) is 12.5. The van der Waals surface area contributed by atoms with Crippen LogP contribution in [0.2, 0.25) is 0 Å². The van der Waals surface area contributed by atoms with Gasteiger partial charge in [0.15, 0.2) is 0 Å². The van der Waals surface area contributed by atoms with Gasteiger partial charge in [0.25, 0.3) is 0 Å². The Hall–Kier alpha value is -0.980. The summed E-state index contributed by atoms with van der Waals surface area (Å²) in [5.41, 5.74) is 2.91. The molecule has 1 saturated heterocycles. The van der Waals surface area contributed by atoms with E-state index in [1.807, 2.05) is 12.4 Å². The minimum Gasteiger partial charge on any atom is -0.481 e. The number of aromatic nitrogens is 1. The predicted molar refractivity (Wildman–Crippen MR) is 64.1 cm³/mol. The van der Waals surface area contributed by atoms with Crippen molar-refractivity contribution in [3.63, 3.8) is 0 Å². The third-order valence-electron chi connectivity index (χ3n) is 2.84. The number of ether oxygens (including phenoxy) is 1. The molecule has 0 radical (unpaired) electrons. The molecule has 0 bridgehead atoms. The lowest BCUT2D eigenvalue weighted by Gasteiger charge is -2.31. The first-order valence-corrected chi connectivity index (χ1v) is 6.48. The second-order valence-electron chi connectivity index (χ2n) is 4.19. The average molecular weight is 256 g/mol. The highest BCUT2D eigenvalue weighted by molar-refractivity contribution is 7.09. The fourth-order valence-electron chi connectivity index (χ4n) is 1.92. The van der Waals surface area contributed by atoms with Crippen molar-refractivity contribution in [3.8, 4) is 0 Å². The van der Waals surface area contributed by atoms with Crippen LogP contribution in [0.4, 0.5) is 0 Å². The maximum atomic E-state index is 10.6. The minimum absolute atomic E-state index is 0.0815. The van der Waals surface area contributed by atoms with E-state index in [1.54, 1.807) is 11.3 Å². The van der Waals surface area contributed by atoms with Crippen molar-refractivity contribution in [2.75, 3.05) is 19.7 Å². The zero-order valence-corrected chi connectivity index (χ0v) is 10.6. The third kappa shape index (κ3) is 3.49. The van der Waals surface area contributed by atoms with Crippen molar-refractivity contribution < 1.29 is 14.6 Å². The quantitative estimate of drug-likeness (QED) is 0.875. The lowest BCUT2D eigenvalue weighted by molar-refractivity contribution is -0.142. The van der Waals surface area contributed by atoms with Crippen molar-refractivity contribution >= 4 is 17.3 Å². The first-order valence-electron chi connectivity index (χ1n) is 5.60. The summed E-state index contributed by atoms with van der Waals surface area (Å²) in [4.78, 5) is 18.3. The van der Waals surface area contributed by atoms with Crippen molar-refractivity contribution in [1.29, 1.82) is 0 Å². The second kappa shape index (κ2) is 5.57. The number of nitrogens with zero attached hydrogens (tertiary/aromatic N) is 2. The largest absolute Gasteiger partial charge is 0.481 e. The van der Waals surface area contributed by atoms with Crippen molar-refractivity contribution in [2.45, 2.75) is 26.0 Å². The molecule has 1 aromatic heterocycles. The summed E-state index contributed by atoms with van der Waals surface area (Å²) >= 11 is 1.65. The SMILES string of the molecule is Cc1ncsc1CN1CCOC(CC(=O)O)C1. The fraction of sp³-hybridized carbons (Fsp3) is 0.636. The highest BCUT2D eigenvalue weighted by Gasteiger charge is 2.23. The van der Waals surface area contributed by atoms with Crippen LogP contribution < -0.4 is 0 Å². The van der Waals surface area contributed by atoms with E-state index in [1.165, 1.54) is 4.88 Å². The highest BCUT2D eigenvalue weighted by atomic mass is 32.1. The smallest absolute Gasteiger partial charge is 0.306 e. The van der Waals surface area contributed by atoms with Gasteiger partial charge in [-0.3, -0.25) is 9.69 Å². The maximum absolute atomic E-state index is 10.6. The van der Waals surface area contributed by atoms with Crippen LogP contribution in [-0.4, -0.2) is 46.8 Å². The summed E-state index contributed by atoms with van der Waals surface area (Å²) in [6, 6.07) is 0. The molecule has 0 aliphatic carbocycles. The molecule has 94 valence electrons. The summed E-state index contributed by atoms with van der Waals surface area (Å²) in [5, 5.41) is 8.75. The van der Waals surface area contributed by atoms with Crippen molar-refractivity contribution in [2.24, 2.45) is 0 Å². The molecule has 6 heteroatoms. The highest BCUT2D eigenvalue weighted by Crippen LogP contribution is 2.17. The Morgan fingerprint density at radius 2 is 2.59 bits per heavy atom. The number of carboxylic acid groups (broad SMARTS) is 1. The first-order chi connectivity index (χ1) is 8.15. The summed E-state index contributed by atoms with van der Waals surface area (Å²) < 4.78 is 5.43. The van der Waals surface area contributed by atoms with Crippen LogP contribution >= 0.6 is 11.3 Å². The van der Waals surface area contributed by atoms with Crippen LogP contribution in [0.25, 0.3) is 0 Å². The fourth-order valence-corrected chi connectivity index (χ4v) is 2.74. The lowest BCUT2D eigenvalue weighted by Crippen LogP contribution is -2.42. The van der Waals surface area contributed by atoms with Gasteiger partial charge in [-0.15, -0.1) is 11.3 Å². The molecule has 5 nitrogen and oxygen atoms in total. The number of thiazole rings is 1. The second-order valence-corrected chi connectivity index (χ2v) is 5.13. The maximum Gasteiger partial charge on any atom is 0.306 e. The van der Waals surface area contributed by atoms with Gasteiger partial charge in [0.1, 0.15) is 0 Å². The van der Waals surface area contributed by atoms with E-state index in [0.29, 0.717) is 13.2 Å². The number of carboxylic acids is 1. The van der Waals surface area contributed by atoms with Gasteiger partial charge in [-0.2, -0.15) is 0 Å². The number of morpholine rings is 1. The molecule has 0 spiro atoms. The van der Waals surface area contributed by atoms with E-state index in [2.05, 4.69) is 9.88 Å². The van der Waals surface area contributed by atoms with Crippen molar-refractivity contribution in [1.82, 2.24) is 9.88 Å². The Kier molecular flexibility index (Phi) is 4.09. The van der Waals surface area contributed by atoms with Crippen LogP contribution in [0.15, 0.2) is 5.51 Å². The molecule has 2 heterocycles. The van der Waals surface area contributed by atoms with E-state index >= 15 is 0 Å². The Morgan fingerprint density at radius 3 is 3.24 bits per heavy atom. The Labute approximate surface area is 104 Å². The molecule has 1 fully saturated rings. The Morgan fingerprint density at radius 1 is 1.76 bits per heavy atom. The molecule has 0 aromatic carbocycles. The van der Waals surface area contributed by atoms with E-state index in [4.69, 9.17) is 9.84 Å². The molecule has 17 heavy (non-hydrogen) atoms. The van der Waals surface area contributed by atoms with Gasteiger partial charge in [0.05, 0.1) is 30.3 Å². The van der Waals surface area contributed by atoms with E-state index in [9.17, 15) is 4.79 Å². The zero-order chi connectivity index (χ0) is 12.3. The normalized spacial score (nSPS) is 21.6. The van der Waals surface area contributed by atoms with Gasteiger partial charge >= 0.3 is 5.97 Å². The molecule has 1 aliphatic rings. The molecule has 1 N–H and O–H groups in total. The van der Waals surface area contributed by atoms with E-state index in [-0.39, 0.29) is 12.5 Å². The molecule has 1 aromatic rings.